The second kappa shape index (κ2) is 6.76. The Morgan fingerprint density at radius 2 is 2.00 bits per heavy atom. The molecule has 30 heavy (non-hydrogen) atoms. The van der Waals surface area contributed by atoms with Crippen LogP contribution in [-0.4, -0.2) is 45.9 Å². The highest BCUT2D eigenvalue weighted by Crippen LogP contribution is 2.55. The van der Waals surface area contributed by atoms with Gasteiger partial charge in [-0.3, -0.25) is 14.9 Å². The number of carbonyl (C=O) groups is 2. The van der Waals surface area contributed by atoms with Crippen molar-refractivity contribution in [1.29, 1.82) is 5.26 Å². The zero-order chi connectivity index (χ0) is 21.7. The van der Waals surface area contributed by atoms with Gasteiger partial charge < -0.3 is 4.90 Å². The van der Waals surface area contributed by atoms with Gasteiger partial charge in [-0.2, -0.15) is 18.4 Å². The van der Waals surface area contributed by atoms with Crippen molar-refractivity contribution in [2.75, 3.05) is 18.4 Å². The van der Waals surface area contributed by atoms with Crippen LogP contribution in [0.25, 0.3) is 0 Å². The Balaban J connectivity index is 1.56. The van der Waals surface area contributed by atoms with Gasteiger partial charge in [0.15, 0.2) is 0 Å². The van der Waals surface area contributed by atoms with Crippen molar-refractivity contribution in [3.05, 3.63) is 52.8 Å². The maximum Gasteiger partial charge on any atom is 0.416 e. The third kappa shape index (κ3) is 3.34. The van der Waals surface area contributed by atoms with E-state index in [-0.39, 0.29) is 35.6 Å². The molecule has 2 aromatic rings. The summed E-state index contributed by atoms with van der Waals surface area (Å²) < 4.78 is 53.4. The SMILES string of the molecule is N#Cc1cnc(NC(=O)CN2CC3(C[C@@H]3F)c3cc(C(F)(F)F)ccc3C2=O)nc1. The van der Waals surface area contributed by atoms with Crippen molar-refractivity contribution in [2.24, 2.45) is 0 Å². The number of hydrogen-bond acceptors (Lipinski definition) is 5. The van der Waals surface area contributed by atoms with Gasteiger partial charge in [0.25, 0.3) is 5.91 Å². The summed E-state index contributed by atoms with van der Waals surface area (Å²) in [5.74, 6) is -1.39. The van der Waals surface area contributed by atoms with Gasteiger partial charge in [0.05, 0.1) is 23.5 Å². The first kappa shape index (κ1) is 19.8. The van der Waals surface area contributed by atoms with Gasteiger partial charge in [0.2, 0.25) is 11.9 Å². The summed E-state index contributed by atoms with van der Waals surface area (Å²) in [6.07, 6.45) is -3.63. The molecule has 1 spiro atoms. The van der Waals surface area contributed by atoms with Gasteiger partial charge in [0.1, 0.15) is 18.8 Å². The molecule has 1 aromatic heterocycles. The van der Waals surface area contributed by atoms with Crippen molar-refractivity contribution in [3.63, 3.8) is 0 Å². The number of aromatic nitrogens is 2. The summed E-state index contributed by atoms with van der Waals surface area (Å²) in [5, 5.41) is 11.1. The smallest absolute Gasteiger partial charge is 0.328 e. The molecule has 1 aliphatic carbocycles. The third-order valence-corrected chi connectivity index (χ3v) is 5.22. The maximum atomic E-state index is 14.2. The summed E-state index contributed by atoms with van der Waals surface area (Å²) in [7, 11) is 0. The lowest BCUT2D eigenvalue weighted by Crippen LogP contribution is -2.47. The normalized spacial score (nSPS) is 22.4. The van der Waals surface area contributed by atoms with Crippen LogP contribution in [0.3, 0.4) is 0 Å². The molecule has 1 fully saturated rings. The standard InChI is InChI=1S/C19H13F4N5O2/c20-14-4-18(14)9-28(8-15(29)27-17-25-6-10(5-24)7-26-17)16(30)12-2-1-11(3-13(12)18)19(21,22)23/h1-3,6-7,14H,4,8-9H2,(H,25,26,27,29)/t14-,18?/m0/s1. The minimum atomic E-state index is -4.61. The molecule has 2 amide bonds. The Bertz CT molecular complexity index is 1080. The van der Waals surface area contributed by atoms with Crippen LogP contribution in [0.1, 0.15) is 33.5 Å². The summed E-state index contributed by atoms with van der Waals surface area (Å²) in [6, 6.07) is 4.45. The molecule has 1 unspecified atom stereocenters. The van der Waals surface area contributed by atoms with Crippen LogP contribution in [-0.2, 0) is 16.4 Å². The van der Waals surface area contributed by atoms with Gasteiger partial charge in [-0.15, -0.1) is 0 Å². The molecule has 1 N–H and O–H groups in total. The number of benzene rings is 1. The monoisotopic (exact) mass is 419 g/mol. The zero-order valence-electron chi connectivity index (χ0n) is 15.2. The molecule has 1 aromatic carbocycles. The van der Waals surface area contributed by atoms with Crippen LogP contribution < -0.4 is 5.32 Å². The number of halogens is 4. The minimum absolute atomic E-state index is 0.0224. The lowest BCUT2D eigenvalue weighted by molar-refractivity contribution is -0.137. The average molecular weight is 419 g/mol. The summed E-state index contributed by atoms with van der Waals surface area (Å²) in [5.41, 5.74) is -2.01. The van der Waals surface area contributed by atoms with E-state index >= 15 is 0 Å². The second-order valence-corrected chi connectivity index (χ2v) is 7.20. The Morgan fingerprint density at radius 1 is 1.33 bits per heavy atom. The lowest BCUT2D eigenvalue weighted by atomic mass is 9.85. The number of nitrogens with zero attached hydrogens (tertiary/aromatic N) is 4. The first-order valence-electron chi connectivity index (χ1n) is 8.81. The number of alkyl halides is 4. The molecule has 7 nitrogen and oxygen atoms in total. The topological polar surface area (TPSA) is 99.0 Å². The molecular weight excluding hydrogens is 406 g/mol. The van der Waals surface area contributed by atoms with Crippen LogP contribution in [0.4, 0.5) is 23.5 Å². The van der Waals surface area contributed by atoms with E-state index in [1.807, 2.05) is 6.07 Å². The highest BCUT2D eigenvalue weighted by molar-refractivity contribution is 6.01. The largest absolute Gasteiger partial charge is 0.416 e. The Kier molecular flexibility index (Phi) is 4.45. The fraction of sp³-hybridized carbons (Fsp3) is 0.316. The zero-order valence-corrected chi connectivity index (χ0v) is 15.2. The molecule has 1 aliphatic heterocycles. The van der Waals surface area contributed by atoms with Crippen molar-refractivity contribution in [3.8, 4) is 6.07 Å². The fourth-order valence-corrected chi connectivity index (χ4v) is 3.61. The first-order chi connectivity index (χ1) is 14.1. The van der Waals surface area contributed by atoms with E-state index in [0.717, 1.165) is 23.1 Å². The number of amides is 2. The Labute approximate surface area is 167 Å². The van der Waals surface area contributed by atoms with Crippen molar-refractivity contribution < 1.29 is 27.2 Å². The molecule has 2 atom stereocenters. The fourth-order valence-electron chi connectivity index (χ4n) is 3.61. The van der Waals surface area contributed by atoms with E-state index in [2.05, 4.69) is 15.3 Å². The number of rotatable bonds is 3. The molecule has 0 saturated heterocycles. The summed E-state index contributed by atoms with van der Waals surface area (Å²) in [4.78, 5) is 33.7. The number of nitrogens with one attached hydrogen (secondary N) is 1. The van der Waals surface area contributed by atoms with Crippen LogP contribution >= 0.6 is 0 Å². The maximum absolute atomic E-state index is 14.2. The predicted octanol–water partition coefficient (Wildman–Crippen LogP) is 2.44. The number of anilines is 1. The highest BCUT2D eigenvalue weighted by atomic mass is 19.4. The van der Waals surface area contributed by atoms with Gasteiger partial charge in [-0.05, 0) is 30.2 Å². The first-order valence-corrected chi connectivity index (χ1v) is 8.81. The number of hydrogen-bond donors (Lipinski definition) is 1. The molecule has 0 bridgehead atoms. The van der Waals surface area contributed by atoms with Crippen molar-refractivity contribution >= 4 is 17.8 Å². The Morgan fingerprint density at radius 3 is 2.57 bits per heavy atom. The quantitative estimate of drug-likeness (QED) is 0.771. The van der Waals surface area contributed by atoms with E-state index in [9.17, 15) is 27.2 Å². The van der Waals surface area contributed by atoms with Crippen LogP contribution in [0, 0.1) is 11.3 Å². The van der Waals surface area contributed by atoms with E-state index < -0.39 is 41.7 Å². The van der Waals surface area contributed by atoms with Gasteiger partial charge in [-0.25, -0.2) is 14.4 Å². The molecule has 11 heteroatoms. The number of nitriles is 1. The molecular formula is C19H13F4N5O2. The van der Waals surface area contributed by atoms with Crippen LogP contribution in [0.15, 0.2) is 30.6 Å². The third-order valence-electron chi connectivity index (χ3n) is 5.22. The summed E-state index contributed by atoms with van der Waals surface area (Å²) in [6.45, 7) is -0.653. The van der Waals surface area contributed by atoms with Crippen molar-refractivity contribution in [2.45, 2.75) is 24.2 Å². The van der Waals surface area contributed by atoms with Crippen LogP contribution in [0.5, 0.6) is 0 Å². The van der Waals surface area contributed by atoms with Gasteiger partial charge in [0, 0.05) is 17.5 Å². The second-order valence-electron chi connectivity index (χ2n) is 7.20. The molecule has 154 valence electrons. The molecule has 0 radical (unpaired) electrons. The van der Waals surface area contributed by atoms with E-state index in [4.69, 9.17) is 5.26 Å². The molecule has 2 heterocycles. The average Bonchev–Trinajstić information content (AvgIpc) is 3.35. The van der Waals surface area contributed by atoms with E-state index in [0.29, 0.717) is 0 Å². The van der Waals surface area contributed by atoms with Crippen molar-refractivity contribution in [1.82, 2.24) is 14.9 Å². The summed E-state index contributed by atoms with van der Waals surface area (Å²) >= 11 is 0. The molecule has 4 rings (SSSR count). The molecule has 1 saturated carbocycles. The predicted molar refractivity (Wildman–Crippen MR) is 93.9 cm³/mol. The van der Waals surface area contributed by atoms with Gasteiger partial charge in [-0.1, -0.05) is 0 Å². The van der Waals surface area contributed by atoms with E-state index in [1.54, 1.807) is 0 Å². The minimum Gasteiger partial charge on any atom is -0.328 e. The van der Waals surface area contributed by atoms with Gasteiger partial charge >= 0.3 is 6.18 Å². The number of fused-ring (bicyclic) bond motifs is 2. The lowest BCUT2D eigenvalue weighted by Gasteiger charge is -2.34. The Hall–Kier alpha value is -3.55. The van der Waals surface area contributed by atoms with E-state index in [1.165, 1.54) is 12.4 Å². The number of carbonyl (C=O) groups excluding carboxylic acids is 2. The highest BCUT2D eigenvalue weighted by Gasteiger charge is 2.61. The van der Waals surface area contributed by atoms with Crippen LogP contribution in [0.2, 0.25) is 0 Å². The molecule has 2 aliphatic rings.